The average molecular weight is 244 g/mol. The summed E-state index contributed by atoms with van der Waals surface area (Å²) in [6.07, 6.45) is 2.96. The lowest BCUT2D eigenvalue weighted by Gasteiger charge is -2.30. The first-order chi connectivity index (χ1) is 8.84. The zero-order valence-corrected chi connectivity index (χ0v) is 10.6. The number of nitrogens with one attached hydrogen (secondary N) is 1. The second-order valence-corrected chi connectivity index (χ2v) is 5.39. The Morgan fingerprint density at radius 3 is 2.89 bits per heavy atom. The van der Waals surface area contributed by atoms with Crippen LogP contribution in [0.2, 0.25) is 0 Å². The van der Waals surface area contributed by atoms with E-state index >= 15 is 0 Å². The van der Waals surface area contributed by atoms with Crippen molar-refractivity contribution >= 4 is 5.91 Å². The average Bonchev–Trinajstić information content (AvgIpc) is 2.80. The Hall–Kier alpha value is -1.35. The standard InChI is InChI=1S/C15H20N2O/c18-15-8-4-7-13-9-16-10-14(13)17(15)11-12-5-2-1-3-6-12/h1-3,5-6,13-14,16H,4,7-11H2/t13-,14-/m1/s1. The van der Waals surface area contributed by atoms with Gasteiger partial charge < -0.3 is 10.2 Å². The molecule has 2 aliphatic rings. The molecule has 18 heavy (non-hydrogen) atoms. The van der Waals surface area contributed by atoms with E-state index in [9.17, 15) is 4.79 Å². The van der Waals surface area contributed by atoms with Crippen molar-refractivity contribution in [2.45, 2.75) is 31.8 Å². The van der Waals surface area contributed by atoms with Crippen molar-refractivity contribution in [1.82, 2.24) is 10.2 Å². The van der Waals surface area contributed by atoms with Gasteiger partial charge in [-0.3, -0.25) is 4.79 Å². The zero-order chi connectivity index (χ0) is 12.4. The normalized spacial score (nSPS) is 28.0. The van der Waals surface area contributed by atoms with Gasteiger partial charge in [-0.25, -0.2) is 0 Å². The second-order valence-electron chi connectivity index (χ2n) is 5.39. The van der Waals surface area contributed by atoms with Gasteiger partial charge in [0.05, 0.1) is 0 Å². The van der Waals surface area contributed by atoms with Gasteiger partial charge in [-0.15, -0.1) is 0 Å². The fourth-order valence-electron chi connectivity index (χ4n) is 3.21. The number of amides is 1. The van der Waals surface area contributed by atoms with Crippen LogP contribution >= 0.6 is 0 Å². The lowest BCUT2D eigenvalue weighted by Crippen LogP contribution is -2.42. The summed E-state index contributed by atoms with van der Waals surface area (Å²) in [4.78, 5) is 14.4. The van der Waals surface area contributed by atoms with Gasteiger partial charge in [0, 0.05) is 32.1 Å². The van der Waals surface area contributed by atoms with Gasteiger partial charge in [0.15, 0.2) is 0 Å². The molecule has 0 aromatic heterocycles. The Labute approximate surface area is 108 Å². The van der Waals surface area contributed by atoms with E-state index in [1.165, 1.54) is 12.0 Å². The maximum Gasteiger partial charge on any atom is 0.223 e. The van der Waals surface area contributed by atoms with Crippen LogP contribution in [-0.2, 0) is 11.3 Å². The van der Waals surface area contributed by atoms with Gasteiger partial charge in [0.25, 0.3) is 0 Å². The van der Waals surface area contributed by atoms with Crippen LogP contribution in [0.1, 0.15) is 24.8 Å². The number of hydrogen-bond acceptors (Lipinski definition) is 2. The van der Waals surface area contributed by atoms with Gasteiger partial charge in [0.2, 0.25) is 5.91 Å². The highest BCUT2D eigenvalue weighted by atomic mass is 16.2. The molecule has 2 saturated heterocycles. The minimum Gasteiger partial charge on any atom is -0.334 e. The third-order valence-corrected chi connectivity index (χ3v) is 4.19. The fraction of sp³-hybridized carbons (Fsp3) is 0.533. The highest BCUT2D eigenvalue weighted by Gasteiger charge is 2.36. The third kappa shape index (κ3) is 2.27. The van der Waals surface area contributed by atoms with Gasteiger partial charge in [0.1, 0.15) is 0 Å². The number of likely N-dealkylation sites (tertiary alicyclic amines) is 1. The molecule has 0 saturated carbocycles. The Morgan fingerprint density at radius 2 is 2.06 bits per heavy atom. The van der Waals surface area contributed by atoms with Gasteiger partial charge in [-0.2, -0.15) is 0 Å². The van der Waals surface area contributed by atoms with Gasteiger partial charge in [-0.1, -0.05) is 30.3 Å². The van der Waals surface area contributed by atoms with Crippen molar-refractivity contribution in [1.29, 1.82) is 0 Å². The van der Waals surface area contributed by atoms with E-state index in [1.54, 1.807) is 0 Å². The van der Waals surface area contributed by atoms with Crippen molar-refractivity contribution in [3.8, 4) is 0 Å². The summed E-state index contributed by atoms with van der Waals surface area (Å²) >= 11 is 0. The number of carbonyl (C=O) groups excluding carboxylic acids is 1. The van der Waals surface area contributed by atoms with Crippen LogP contribution < -0.4 is 5.32 Å². The summed E-state index contributed by atoms with van der Waals surface area (Å²) in [7, 11) is 0. The van der Waals surface area contributed by atoms with Crippen LogP contribution in [0.15, 0.2) is 30.3 Å². The summed E-state index contributed by atoms with van der Waals surface area (Å²) in [5.74, 6) is 0.982. The van der Waals surface area contributed by atoms with Crippen molar-refractivity contribution in [2.75, 3.05) is 13.1 Å². The molecule has 1 aromatic rings. The minimum absolute atomic E-state index is 0.329. The Bertz CT molecular complexity index is 418. The molecule has 2 heterocycles. The SMILES string of the molecule is O=C1CCC[C@@H]2CNC[C@H]2N1Cc1ccccc1. The summed E-state index contributed by atoms with van der Waals surface area (Å²) in [6, 6.07) is 10.7. The summed E-state index contributed by atoms with van der Waals surface area (Å²) in [5.41, 5.74) is 1.23. The predicted octanol–water partition coefficient (Wildman–Crippen LogP) is 1.79. The molecule has 0 radical (unpaired) electrons. The van der Waals surface area contributed by atoms with E-state index in [1.807, 2.05) is 18.2 Å². The molecular weight excluding hydrogens is 224 g/mol. The molecule has 96 valence electrons. The summed E-state index contributed by atoms with van der Waals surface area (Å²) in [5, 5.41) is 3.43. The van der Waals surface area contributed by atoms with E-state index < -0.39 is 0 Å². The van der Waals surface area contributed by atoms with Crippen LogP contribution in [0.3, 0.4) is 0 Å². The molecule has 0 bridgehead atoms. The van der Waals surface area contributed by atoms with E-state index in [0.29, 0.717) is 17.9 Å². The predicted molar refractivity (Wildman–Crippen MR) is 71.0 cm³/mol. The molecule has 0 unspecified atom stereocenters. The molecule has 0 aliphatic carbocycles. The van der Waals surface area contributed by atoms with Crippen LogP contribution in [0.25, 0.3) is 0 Å². The first-order valence-electron chi connectivity index (χ1n) is 6.89. The van der Waals surface area contributed by atoms with Crippen LogP contribution in [0.4, 0.5) is 0 Å². The van der Waals surface area contributed by atoms with Crippen molar-refractivity contribution in [3.05, 3.63) is 35.9 Å². The number of benzene rings is 1. The second kappa shape index (κ2) is 5.11. The molecular formula is C15H20N2O. The molecule has 3 rings (SSSR count). The van der Waals surface area contributed by atoms with Crippen LogP contribution in [0, 0.1) is 5.92 Å². The molecule has 1 aromatic carbocycles. The minimum atomic E-state index is 0.329. The zero-order valence-electron chi connectivity index (χ0n) is 10.6. The maximum atomic E-state index is 12.3. The number of carbonyl (C=O) groups is 1. The van der Waals surface area contributed by atoms with Crippen molar-refractivity contribution < 1.29 is 4.79 Å². The van der Waals surface area contributed by atoms with E-state index in [2.05, 4.69) is 22.3 Å². The highest BCUT2D eigenvalue weighted by Crippen LogP contribution is 2.27. The number of rotatable bonds is 2. The van der Waals surface area contributed by atoms with Crippen molar-refractivity contribution in [3.63, 3.8) is 0 Å². The molecule has 1 amide bonds. The molecule has 3 heteroatoms. The molecule has 3 nitrogen and oxygen atoms in total. The molecule has 2 fully saturated rings. The van der Waals surface area contributed by atoms with E-state index in [4.69, 9.17) is 0 Å². The van der Waals surface area contributed by atoms with E-state index in [-0.39, 0.29) is 0 Å². The number of fused-ring (bicyclic) bond motifs is 1. The first kappa shape index (κ1) is 11.7. The molecule has 0 spiro atoms. The number of nitrogens with zero attached hydrogens (tertiary/aromatic N) is 1. The van der Waals surface area contributed by atoms with Crippen LogP contribution in [-0.4, -0.2) is 29.9 Å². The maximum absolute atomic E-state index is 12.3. The summed E-state index contributed by atoms with van der Waals surface area (Å²) in [6.45, 7) is 2.80. The Morgan fingerprint density at radius 1 is 1.22 bits per heavy atom. The number of hydrogen-bond donors (Lipinski definition) is 1. The molecule has 1 N–H and O–H groups in total. The first-order valence-corrected chi connectivity index (χ1v) is 6.89. The third-order valence-electron chi connectivity index (χ3n) is 4.19. The largest absolute Gasteiger partial charge is 0.334 e. The lowest BCUT2D eigenvalue weighted by atomic mass is 9.98. The van der Waals surface area contributed by atoms with Crippen molar-refractivity contribution in [2.24, 2.45) is 5.92 Å². The Balaban J connectivity index is 1.80. The molecule has 2 aliphatic heterocycles. The highest BCUT2D eigenvalue weighted by molar-refractivity contribution is 5.77. The van der Waals surface area contributed by atoms with Gasteiger partial charge in [-0.05, 0) is 24.3 Å². The molecule has 2 atom stereocenters. The lowest BCUT2D eigenvalue weighted by molar-refractivity contribution is -0.133. The van der Waals surface area contributed by atoms with Gasteiger partial charge >= 0.3 is 0 Å². The van der Waals surface area contributed by atoms with Crippen LogP contribution in [0.5, 0.6) is 0 Å². The Kier molecular flexibility index (Phi) is 3.33. The fourth-order valence-corrected chi connectivity index (χ4v) is 3.21. The topological polar surface area (TPSA) is 32.3 Å². The monoisotopic (exact) mass is 244 g/mol. The summed E-state index contributed by atoms with van der Waals surface area (Å²) < 4.78 is 0. The van der Waals surface area contributed by atoms with E-state index in [0.717, 1.165) is 32.5 Å². The smallest absolute Gasteiger partial charge is 0.223 e. The quantitative estimate of drug-likeness (QED) is 0.860.